The highest BCUT2D eigenvalue weighted by Gasteiger charge is 2.12. The Morgan fingerprint density at radius 3 is 2.76 bits per heavy atom. The molecule has 6 heteroatoms. The van der Waals surface area contributed by atoms with Gasteiger partial charge in [-0.05, 0) is 35.9 Å². The number of carbonyl (C=O) groups excluding carboxylic acids is 1. The first-order valence-corrected chi connectivity index (χ1v) is 7.24. The molecule has 0 heterocycles. The number of methoxy groups -OCH3 is 1. The third-order valence-electron chi connectivity index (χ3n) is 2.87. The summed E-state index contributed by atoms with van der Waals surface area (Å²) in [6, 6.07) is 9.28. The molecule has 0 spiro atoms. The molecule has 110 valence electrons. The van der Waals surface area contributed by atoms with Crippen molar-refractivity contribution < 1.29 is 13.9 Å². The maximum Gasteiger partial charge on any atom is 0.339 e. The Labute approximate surface area is 135 Å². The second kappa shape index (κ2) is 6.91. The van der Waals surface area contributed by atoms with Gasteiger partial charge in [-0.3, -0.25) is 0 Å². The molecule has 0 amide bonds. The van der Waals surface area contributed by atoms with Crippen LogP contribution in [0.3, 0.4) is 0 Å². The Kier molecular flexibility index (Phi) is 5.20. The summed E-state index contributed by atoms with van der Waals surface area (Å²) in [5.41, 5.74) is 1.80. The van der Waals surface area contributed by atoms with E-state index < -0.39 is 5.97 Å². The minimum Gasteiger partial charge on any atom is -0.465 e. The third kappa shape index (κ3) is 3.95. The van der Waals surface area contributed by atoms with E-state index in [1.807, 2.05) is 0 Å². The van der Waals surface area contributed by atoms with Crippen LogP contribution in [-0.4, -0.2) is 13.1 Å². The van der Waals surface area contributed by atoms with E-state index in [2.05, 4.69) is 21.2 Å². The van der Waals surface area contributed by atoms with Gasteiger partial charge in [-0.1, -0.05) is 33.6 Å². The van der Waals surface area contributed by atoms with Crippen LogP contribution in [0.25, 0.3) is 0 Å². The fourth-order valence-electron chi connectivity index (χ4n) is 1.81. The van der Waals surface area contributed by atoms with Crippen LogP contribution in [-0.2, 0) is 11.3 Å². The maximum atomic E-state index is 13.1. The highest BCUT2D eigenvalue weighted by Crippen LogP contribution is 2.24. The van der Waals surface area contributed by atoms with Crippen LogP contribution in [0.15, 0.2) is 40.9 Å². The molecule has 2 aromatic carbocycles. The third-order valence-corrected chi connectivity index (χ3v) is 3.84. The Morgan fingerprint density at radius 1 is 1.33 bits per heavy atom. The SMILES string of the molecule is COC(=O)c1ccc(Cl)cc1NCc1ccc(F)cc1Br. The van der Waals surface area contributed by atoms with Gasteiger partial charge in [0.2, 0.25) is 0 Å². The van der Waals surface area contributed by atoms with E-state index >= 15 is 0 Å². The van der Waals surface area contributed by atoms with Crippen molar-refractivity contribution in [1.82, 2.24) is 0 Å². The number of nitrogens with one attached hydrogen (secondary N) is 1. The van der Waals surface area contributed by atoms with E-state index in [1.54, 1.807) is 24.3 Å². The molecule has 0 radical (unpaired) electrons. The molecule has 2 aromatic rings. The van der Waals surface area contributed by atoms with E-state index in [4.69, 9.17) is 16.3 Å². The molecule has 1 N–H and O–H groups in total. The number of carbonyl (C=O) groups is 1. The number of hydrogen-bond donors (Lipinski definition) is 1. The molecule has 0 saturated heterocycles. The predicted molar refractivity (Wildman–Crippen MR) is 84.2 cm³/mol. The quantitative estimate of drug-likeness (QED) is 0.795. The second-order valence-electron chi connectivity index (χ2n) is 4.27. The van der Waals surface area contributed by atoms with E-state index in [-0.39, 0.29) is 5.82 Å². The lowest BCUT2D eigenvalue weighted by atomic mass is 10.1. The minimum absolute atomic E-state index is 0.316. The number of ether oxygens (including phenoxy) is 1. The largest absolute Gasteiger partial charge is 0.465 e. The molecule has 21 heavy (non-hydrogen) atoms. The fraction of sp³-hybridized carbons (Fsp3) is 0.133. The van der Waals surface area contributed by atoms with Crippen molar-refractivity contribution in [2.24, 2.45) is 0 Å². The number of hydrogen-bond acceptors (Lipinski definition) is 3. The van der Waals surface area contributed by atoms with Crippen LogP contribution in [0.4, 0.5) is 10.1 Å². The summed E-state index contributed by atoms with van der Waals surface area (Å²) < 4.78 is 18.4. The zero-order chi connectivity index (χ0) is 15.4. The topological polar surface area (TPSA) is 38.3 Å². The van der Waals surface area contributed by atoms with Crippen molar-refractivity contribution in [3.63, 3.8) is 0 Å². The molecule has 0 atom stereocenters. The Hall–Kier alpha value is -1.59. The van der Waals surface area contributed by atoms with Crippen LogP contribution in [0.1, 0.15) is 15.9 Å². The number of esters is 1. The molecule has 0 unspecified atom stereocenters. The average Bonchev–Trinajstić information content (AvgIpc) is 2.45. The fourth-order valence-corrected chi connectivity index (χ4v) is 2.47. The van der Waals surface area contributed by atoms with Gasteiger partial charge in [-0.2, -0.15) is 0 Å². The number of benzene rings is 2. The lowest BCUT2D eigenvalue weighted by molar-refractivity contribution is 0.0602. The lowest BCUT2D eigenvalue weighted by Crippen LogP contribution is -2.08. The van der Waals surface area contributed by atoms with Crippen LogP contribution >= 0.6 is 27.5 Å². The molecule has 0 aliphatic rings. The minimum atomic E-state index is -0.452. The Balaban J connectivity index is 2.23. The standard InChI is InChI=1S/C15H12BrClFNO2/c1-21-15(20)12-5-3-10(17)6-14(12)19-8-9-2-4-11(18)7-13(9)16/h2-7,19H,8H2,1H3. The first kappa shape index (κ1) is 15.8. The van der Waals surface area contributed by atoms with E-state index in [1.165, 1.54) is 19.2 Å². The van der Waals surface area contributed by atoms with Crippen molar-refractivity contribution in [1.29, 1.82) is 0 Å². The van der Waals surface area contributed by atoms with Crippen LogP contribution in [0, 0.1) is 5.82 Å². The first-order chi connectivity index (χ1) is 10.0. The molecular formula is C15H12BrClFNO2. The van der Waals surface area contributed by atoms with Gasteiger partial charge in [0, 0.05) is 16.0 Å². The van der Waals surface area contributed by atoms with Gasteiger partial charge >= 0.3 is 5.97 Å². The summed E-state index contributed by atoms with van der Waals surface area (Å²) in [4.78, 5) is 11.7. The van der Waals surface area contributed by atoms with Gasteiger partial charge in [0.1, 0.15) is 5.82 Å². The second-order valence-corrected chi connectivity index (χ2v) is 5.56. The normalized spacial score (nSPS) is 10.3. The van der Waals surface area contributed by atoms with Gasteiger partial charge in [0.25, 0.3) is 0 Å². The number of anilines is 1. The smallest absolute Gasteiger partial charge is 0.339 e. The molecular weight excluding hydrogens is 361 g/mol. The molecule has 2 rings (SSSR count). The molecule has 0 aliphatic heterocycles. The summed E-state index contributed by atoms with van der Waals surface area (Å²) in [7, 11) is 1.32. The van der Waals surface area contributed by atoms with Gasteiger partial charge in [0.05, 0.1) is 18.4 Å². The highest BCUT2D eigenvalue weighted by atomic mass is 79.9. The summed E-state index contributed by atoms with van der Waals surface area (Å²) in [6.07, 6.45) is 0. The number of halogens is 3. The summed E-state index contributed by atoms with van der Waals surface area (Å²) in [5.74, 6) is -0.768. The zero-order valence-corrected chi connectivity index (χ0v) is 13.5. The van der Waals surface area contributed by atoms with E-state index in [0.29, 0.717) is 27.3 Å². The van der Waals surface area contributed by atoms with Crippen molar-refractivity contribution in [3.05, 3.63) is 62.8 Å². The van der Waals surface area contributed by atoms with E-state index in [0.717, 1.165) is 5.56 Å². The Morgan fingerprint density at radius 2 is 2.10 bits per heavy atom. The molecule has 0 aromatic heterocycles. The van der Waals surface area contributed by atoms with Crippen LogP contribution in [0.2, 0.25) is 5.02 Å². The van der Waals surface area contributed by atoms with Crippen LogP contribution in [0.5, 0.6) is 0 Å². The Bertz CT molecular complexity index is 679. The van der Waals surface area contributed by atoms with Gasteiger partial charge in [0.15, 0.2) is 0 Å². The average molecular weight is 373 g/mol. The molecule has 0 aliphatic carbocycles. The lowest BCUT2D eigenvalue weighted by Gasteiger charge is -2.12. The van der Waals surface area contributed by atoms with Gasteiger partial charge in [-0.15, -0.1) is 0 Å². The predicted octanol–water partition coefficient (Wildman–Crippen LogP) is 4.64. The zero-order valence-electron chi connectivity index (χ0n) is 11.1. The number of rotatable bonds is 4. The van der Waals surface area contributed by atoms with E-state index in [9.17, 15) is 9.18 Å². The van der Waals surface area contributed by atoms with Gasteiger partial charge in [-0.25, -0.2) is 9.18 Å². The van der Waals surface area contributed by atoms with Crippen molar-refractivity contribution in [2.75, 3.05) is 12.4 Å². The monoisotopic (exact) mass is 371 g/mol. The maximum absolute atomic E-state index is 13.1. The summed E-state index contributed by atoms with van der Waals surface area (Å²) in [5, 5.41) is 3.61. The first-order valence-electron chi connectivity index (χ1n) is 6.07. The summed E-state index contributed by atoms with van der Waals surface area (Å²) >= 11 is 9.25. The van der Waals surface area contributed by atoms with Crippen molar-refractivity contribution >= 4 is 39.2 Å². The van der Waals surface area contributed by atoms with Crippen LogP contribution < -0.4 is 5.32 Å². The summed E-state index contributed by atoms with van der Waals surface area (Å²) in [6.45, 7) is 0.408. The molecule has 3 nitrogen and oxygen atoms in total. The van der Waals surface area contributed by atoms with Crippen molar-refractivity contribution in [2.45, 2.75) is 6.54 Å². The molecule has 0 saturated carbocycles. The van der Waals surface area contributed by atoms with Gasteiger partial charge < -0.3 is 10.1 Å². The molecule has 0 bridgehead atoms. The molecule has 0 fully saturated rings. The van der Waals surface area contributed by atoms with Crippen molar-refractivity contribution in [3.8, 4) is 0 Å². The highest BCUT2D eigenvalue weighted by molar-refractivity contribution is 9.10.